The Kier molecular flexibility index (Phi) is 5.81. The summed E-state index contributed by atoms with van der Waals surface area (Å²) in [7, 11) is 0. The van der Waals surface area contributed by atoms with E-state index in [1.807, 2.05) is 6.08 Å². The van der Waals surface area contributed by atoms with Gasteiger partial charge in [-0.15, -0.1) is 0 Å². The van der Waals surface area contributed by atoms with Crippen LogP contribution in [0.1, 0.15) is 40.0 Å². The van der Waals surface area contributed by atoms with Gasteiger partial charge in [0, 0.05) is 30.2 Å². The van der Waals surface area contributed by atoms with E-state index in [1.54, 1.807) is 5.54 Å². The van der Waals surface area contributed by atoms with E-state index in [4.69, 9.17) is 11.6 Å². The van der Waals surface area contributed by atoms with Gasteiger partial charge in [0.1, 0.15) is 0 Å². The predicted molar refractivity (Wildman–Crippen MR) is 72.0 cm³/mol. The van der Waals surface area contributed by atoms with Gasteiger partial charge < -0.3 is 5.32 Å². The summed E-state index contributed by atoms with van der Waals surface area (Å²) in [5.74, 6) is 0. The van der Waals surface area contributed by atoms with Gasteiger partial charge in [0.2, 0.25) is 0 Å². The van der Waals surface area contributed by atoms with Crippen LogP contribution in [0.5, 0.6) is 0 Å². The zero-order chi connectivity index (χ0) is 12.0. The van der Waals surface area contributed by atoms with E-state index in [9.17, 15) is 0 Å². The second-order valence-electron chi connectivity index (χ2n) is 4.84. The molecule has 0 amide bonds. The van der Waals surface area contributed by atoms with Gasteiger partial charge >= 0.3 is 0 Å². The fourth-order valence-electron chi connectivity index (χ4n) is 2.47. The first-order valence-corrected chi connectivity index (χ1v) is 6.85. The van der Waals surface area contributed by atoms with Crippen molar-refractivity contribution in [2.75, 3.05) is 19.6 Å². The standard InChI is InChI=1S/C13H25ClN2/c1-4-13(5-2)11-16(10-6-8-14)12(3)7-9-15-13/h6,8,12,15H,4-5,7,9-11H2,1-3H3/b8-6+. The van der Waals surface area contributed by atoms with E-state index < -0.39 is 0 Å². The van der Waals surface area contributed by atoms with Crippen molar-refractivity contribution >= 4 is 11.6 Å². The molecule has 3 heteroatoms. The number of nitrogens with zero attached hydrogens (tertiary/aromatic N) is 1. The van der Waals surface area contributed by atoms with Crippen molar-refractivity contribution in [2.45, 2.75) is 51.6 Å². The third-order valence-corrected chi connectivity index (χ3v) is 4.15. The van der Waals surface area contributed by atoms with Crippen molar-refractivity contribution in [3.05, 3.63) is 11.6 Å². The van der Waals surface area contributed by atoms with Gasteiger partial charge in [-0.2, -0.15) is 0 Å². The second kappa shape index (κ2) is 6.63. The van der Waals surface area contributed by atoms with Crippen molar-refractivity contribution in [3.63, 3.8) is 0 Å². The van der Waals surface area contributed by atoms with Gasteiger partial charge in [-0.1, -0.05) is 31.5 Å². The Labute approximate surface area is 105 Å². The quantitative estimate of drug-likeness (QED) is 0.818. The normalized spacial score (nSPS) is 27.1. The minimum absolute atomic E-state index is 0.297. The first-order valence-electron chi connectivity index (χ1n) is 6.41. The molecule has 0 aromatic carbocycles. The monoisotopic (exact) mass is 244 g/mol. The van der Waals surface area contributed by atoms with Crippen LogP contribution in [0.25, 0.3) is 0 Å². The molecule has 0 radical (unpaired) electrons. The van der Waals surface area contributed by atoms with Gasteiger partial charge in [-0.05, 0) is 32.7 Å². The molecule has 16 heavy (non-hydrogen) atoms. The Morgan fingerprint density at radius 3 is 2.69 bits per heavy atom. The Bertz CT molecular complexity index is 224. The molecule has 1 fully saturated rings. The van der Waals surface area contributed by atoms with Crippen LogP contribution in [0.3, 0.4) is 0 Å². The largest absolute Gasteiger partial charge is 0.310 e. The highest BCUT2D eigenvalue weighted by Crippen LogP contribution is 2.22. The lowest BCUT2D eigenvalue weighted by Crippen LogP contribution is -2.51. The van der Waals surface area contributed by atoms with Crippen molar-refractivity contribution in [3.8, 4) is 0 Å². The van der Waals surface area contributed by atoms with E-state index in [2.05, 4.69) is 31.0 Å². The maximum atomic E-state index is 5.63. The first-order chi connectivity index (χ1) is 7.67. The van der Waals surface area contributed by atoms with Gasteiger partial charge in [-0.3, -0.25) is 4.90 Å². The molecule has 2 nitrogen and oxygen atoms in total. The molecule has 0 aliphatic carbocycles. The summed E-state index contributed by atoms with van der Waals surface area (Å²) < 4.78 is 0. The molecule has 0 saturated carbocycles. The lowest BCUT2D eigenvalue weighted by molar-refractivity contribution is 0.175. The summed E-state index contributed by atoms with van der Waals surface area (Å²) in [5.41, 5.74) is 1.93. The topological polar surface area (TPSA) is 15.3 Å². The van der Waals surface area contributed by atoms with Crippen molar-refractivity contribution in [1.29, 1.82) is 0 Å². The van der Waals surface area contributed by atoms with E-state index in [0.717, 1.165) is 19.6 Å². The number of halogens is 1. The Balaban J connectivity index is 2.71. The molecule has 1 unspecified atom stereocenters. The molecule has 1 N–H and O–H groups in total. The van der Waals surface area contributed by atoms with Gasteiger partial charge in [0.25, 0.3) is 0 Å². The molecule has 1 atom stereocenters. The van der Waals surface area contributed by atoms with Crippen molar-refractivity contribution in [1.82, 2.24) is 10.2 Å². The van der Waals surface area contributed by atoms with Crippen LogP contribution in [0.15, 0.2) is 11.6 Å². The Hall–Kier alpha value is -0.0500. The molecule has 0 aromatic heterocycles. The molecule has 1 rings (SSSR count). The van der Waals surface area contributed by atoms with Crippen LogP contribution >= 0.6 is 11.6 Å². The molecule has 0 bridgehead atoms. The third-order valence-electron chi connectivity index (χ3n) is 3.97. The molecular weight excluding hydrogens is 220 g/mol. The number of nitrogens with one attached hydrogen (secondary N) is 1. The van der Waals surface area contributed by atoms with E-state index in [1.165, 1.54) is 19.3 Å². The van der Waals surface area contributed by atoms with Crippen molar-refractivity contribution < 1.29 is 0 Å². The summed E-state index contributed by atoms with van der Waals surface area (Å²) in [6.07, 6.45) is 5.64. The Morgan fingerprint density at radius 2 is 2.12 bits per heavy atom. The van der Waals surface area contributed by atoms with Crippen LogP contribution in [-0.2, 0) is 0 Å². The van der Waals surface area contributed by atoms with E-state index in [-0.39, 0.29) is 0 Å². The molecular formula is C13H25ClN2. The summed E-state index contributed by atoms with van der Waals surface area (Å²) in [6, 6.07) is 0.639. The number of hydrogen-bond acceptors (Lipinski definition) is 2. The predicted octanol–water partition coefficient (Wildman–Crippen LogP) is 2.98. The number of hydrogen-bond donors (Lipinski definition) is 1. The van der Waals surface area contributed by atoms with Gasteiger partial charge in [-0.25, -0.2) is 0 Å². The third kappa shape index (κ3) is 3.47. The van der Waals surface area contributed by atoms with E-state index in [0.29, 0.717) is 11.6 Å². The second-order valence-corrected chi connectivity index (χ2v) is 5.10. The fourth-order valence-corrected chi connectivity index (χ4v) is 2.55. The first kappa shape index (κ1) is 14.0. The maximum Gasteiger partial charge on any atom is 0.0303 e. The molecule has 1 saturated heterocycles. The molecule has 0 spiro atoms. The average molecular weight is 245 g/mol. The molecule has 1 heterocycles. The molecule has 1 aliphatic heterocycles. The fraction of sp³-hybridized carbons (Fsp3) is 0.846. The lowest BCUT2D eigenvalue weighted by Gasteiger charge is -2.36. The minimum atomic E-state index is 0.297. The zero-order valence-corrected chi connectivity index (χ0v) is 11.6. The molecule has 0 aromatic rings. The average Bonchev–Trinajstić information content (AvgIpc) is 2.47. The van der Waals surface area contributed by atoms with Crippen LogP contribution in [0.4, 0.5) is 0 Å². The van der Waals surface area contributed by atoms with E-state index >= 15 is 0 Å². The Morgan fingerprint density at radius 1 is 1.44 bits per heavy atom. The minimum Gasteiger partial charge on any atom is -0.310 e. The van der Waals surface area contributed by atoms with Crippen LogP contribution in [0.2, 0.25) is 0 Å². The lowest BCUT2D eigenvalue weighted by atomic mass is 9.92. The number of rotatable bonds is 4. The summed E-state index contributed by atoms with van der Waals surface area (Å²) in [6.45, 7) is 10.1. The highest BCUT2D eigenvalue weighted by atomic mass is 35.5. The summed E-state index contributed by atoms with van der Waals surface area (Å²) in [5, 5.41) is 3.73. The summed E-state index contributed by atoms with van der Waals surface area (Å²) >= 11 is 5.63. The zero-order valence-electron chi connectivity index (χ0n) is 10.8. The van der Waals surface area contributed by atoms with Gasteiger partial charge in [0.05, 0.1) is 0 Å². The maximum absolute atomic E-state index is 5.63. The SMILES string of the molecule is CCC1(CC)CN(C/C=C/Cl)C(C)CCN1. The van der Waals surface area contributed by atoms with Crippen LogP contribution < -0.4 is 5.32 Å². The van der Waals surface area contributed by atoms with Crippen molar-refractivity contribution in [2.24, 2.45) is 0 Å². The highest BCUT2D eigenvalue weighted by Gasteiger charge is 2.32. The van der Waals surface area contributed by atoms with Crippen LogP contribution in [0, 0.1) is 0 Å². The summed E-state index contributed by atoms with van der Waals surface area (Å²) in [4.78, 5) is 2.53. The highest BCUT2D eigenvalue weighted by molar-refractivity contribution is 6.25. The molecule has 94 valence electrons. The van der Waals surface area contributed by atoms with Crippen LogP contribution in [-0.4, -0.2) is 36.1 Å². The smallest absolute Gasteiger partial charge is 0.0303 e. The van der Waals surface area contributed by atoms with Gasteiger partial charge in [0.15, 0.2) is 0 Å². The molecule has 1 aliphatic rings.